The maximum atomic E-state index is 12.9. The van der Waals surface area contributed by atoms with E-state index in [0.717, 1.165) is 22.3 Å². The first kappa shape index (κ1) is 18.2. The van der Waals surface area contributed by atoms with Crippen LogP contribution in [0.4, 0.5) is 18.0 Å². The second kappa shape index (κ2) is 6.79. The second-order valence-corrected chi connectivity index (χ2v) is 7.72. The lowest BCUT2D eigenvalue weighted by Gasteiger charge is -2.19. The number of carbonyl (C=O) groups is 1. The molecule has 2 aliphatic rings. The molecule has 4 rings (SSSR count). The minimum atomic E-state index is -4.46. The number of nitrogens with zero attached hydrogens (tertiary/aromatic N) is 1. The van der Waals surface area contributed by atoms with Crippen LogP contribution in [0.25, 0.3) is 0 Å². The third kappa shape index (κ3) is 3.41. The van der Waals surface area contributed by atoms with E-state index in [9.17, 15) is 18.0 Å². The highest BCUT2D eigenvalue weighted by Crippen LogP contribution is 2.62. The van der Waals surface area contributed by atoms with Gasteiger partial charge in [0, 0.05) is 17.3 Å². The molecular formula is C18H18F3N3O2S. The molecule has 1 saturated heterocycles. The smallest absolute Gasteiger partial charge is 0.434 e. The minimum Gasteiger partial charge on any atom is -0.445 e. The fraction of sp³-hybridized carbons (Fsp3) is 0.444. The quantitative estimate of drug-likeness (QED) is 0.814. The zero-order chi connectivity index (χ0) is 19.1. The molecule has 5 nitrogen and oxygen atoms in total. The summed E-state index contributed by atoms with van der Waals surface area (Å²) in [6.07, 6.45) is -5.04. The molecule has 2 fully saturated rings. The number of hydrogen-bond donors (Lipinski definition) is 2. The molecule has 0 spiro atoms. The van der Waals surface area contributed by atoms with E-state index in [1.165, 1.54) is 0 Å². The summed E-state index contributed by atoms with van der Waals surface area (Å²) in [4.78, 5) is 15.9. The number of halogens is 3. The Kier molecular flexibility index (Phi) is 4.59. The van der Waals surface area contributed by atoms with Gasteiger partial charge in [0.2, 0.25) is 0 Å². The van der Waals surface area contributed by atoms with E-state index in [4.69, 9.17) is 4.74 Å². The summed E-state index contributed by atoms with van der Waals surface area (Å²) in [6, 6.07) is 9.27. The lowest BCUT2D eigenvalue weighted by Crippen LogP contribution is -2.38. The highest BCUT2D eigenvalue weighted by molar-refractivity contribution is 7.09. The molecule has 1 aromatic heterocycles. The predicted molar refractivity (Wildman–Crippen MR) is 93.3 cm³/mol. The Hall–Kier alpha value is -2.13. The van der Waals surface area contributed by atoms with Crippen LogP contribution in [0.15, 0.2) is 35.7 Å². The molecule has 1 aliphatic heterocycles. The van der Waals surface area contributed by atoms with Gasteiger partial charge in [-0.3, -0.25) is 0 Å². The number of nitrogens with one attached hydrogen (secondary N) is 2. The minimum absolute atomic E-state index is 0.142. The summed E-state index contributed by atoms with van der Waals surface area (Å²) in [5.41, 5.74) is -0.540. The second-order valence-electron chi connectivity index (χ2n) is 6.86. The van der Waals surface area contributed by atoms with Crippen LogP contribution in [0.2, 0.25) is 0 Å². The van der Waals surface area contributed by atoms with Gasteiger partial charge in [-0.2, -0.15) is 13.2 Å². The normalized spacial score (nSPS) is 26.5. The third-order valence-electron chi connectivity index (χ3n) is 5.36. The van der Waals surface area contributed by atoms with Crippen molar-refractivity contribution in [2.75, 3.05) is 19.6 Å². The molecule has 2 N–H and O–H groups in total. The fourth-order valence-corrected chi connectivity index (χ4v) is 5.07. The topological polar surface area (TPSA) is 63.2 Å². The summed E-state index contributed by atoms with van der Waals surface area (Å²) in [7, 11) is 0. The Morgan fingerprint density at radius 2 is 2.00 bits per heavy atom. The van der Waals surface area contributed by atoms with E-state index in [-0.39, 0.29) is 25.0 Å². The molecule has 1 unspecified atom stereocenters. The van der Waals surface area contributed by atoms with Crippen molar-refractivity contribution in [2.45, 2.75) is 18.2 Å². The number of carbonyl (C=O) groups excluding carboxylic acids is 1. The molecule has 9 heteroatoms. The highest BCUT2D eigenvalue weighted by atomic mass is 32.1. The summed E-state index contributed by atoms with van der Waals surface area (Å²) in [5, 5.41) is 7.44. The van der Waals surface area contributed by atoms with E-state index in [0.29, 0.717) is 18.1 Å². The lowest BCUT2D eigenvalue weighted by molar-refractivity contribution is -0.140. The Balaban J connectivity index is 1.41. The number of hydrogen-bond acceptors (Lipinski definition) is 5. The molecule has 1 amide bonds. The van der Waals surface area contributed by atoms with Gasteiger partial charge in [-0.1, -0.05) is 30.3 Å². The Labute approximate surface area is 157 Å². The Morgan fingerprint density at radius 1 is 1.30 bits per heavy atom. The largest absolute Gasteiger partial charge is 0.445 e. The molecule has 0 bridgehead atoms. The first-order chi connectivity index (χ1) is 12.9. The average molecular weight is 397 g/mol. The number of aromatic nitrogens is 1. The highest BCUT2D eigenvalue weighted by Gasteiger charge is 2.68. The zero-order valence-corrected chi connectivity index (χ0v) is 15.1. The summed E-state index contributed by atoms with van der Waals surface area (Å²) < 4.78 is 44.0. The molecule has 144 valence electrons. The number of alkyl halides is 3. The van der Waals surface area contributed by atoms with Crippen LogP contribution in [0.1, 0.15) is 16.3 Å². The molecular weight excluding hydrogens is 379 g/mol. The van der Waals surface area contributed by atoms with Gasteiger partial charge in [-0.25, -0.2) is 9.78 Å². The van der Waals surface area contributed by atoms with Gasteiger partial charge < -0.3 is 15.4 Å². The van der Waals surface area contributed by atoms with Crippen molar-refractivity contribution in [2.24, 2.45) is 11.8 Å². The summed E-state index contributed by atoms with van der Waals surface area (Å²) >= 11 is 1.01. The molecule has 27 heavy (non-hydrogen) atoms. The van der Waals surface area contributed by atoms with Crippen LogP contribution >= 0.6 is 11.3 Å². The molecule has 2 heterocycles. The zero-order valence-electron chi connectivity index (χ0n) is 14.3. The fourth-order valence-electron chi connectivity index (χ4n) is 3.91. The molecule has 1 saturated carbocycles. The van der Waals surface area contributed by atoms with Crippen LogP contribution in [0.5, 0.6) is 0 Å². The molecule has 2 aromatic rings. The first-order valence-corrected chi connectivity index (χ1v) is 9.47. The molecule has 1 aliphatic carbocycles. The predicted octanol–water partition coefficient (Wildman–Crippen LogP) is 3.18. The number of piperidine rings is 1. The van der Waals surface area contributed by atoms with Gasteiger partial charge in [-0.05, 0) is 30.5 Å². The van der Waals surface area contributed by atoms with Crippen molar-refractivity contribution in [3.63, 3.8) is 0 Å². The van der Waals surface area contributed by atoms with E-state index in [1.54, 1.807) is 0 Å². The average Bonchev–Trinajstić information content (AvgIpc) is 3.10. The van der Waals surface area contributed by atoms with Gasteiger partial charge >= 0.3 is 12.3 Å². The lowest BCUT2D eigenvalue weighted by atomic mass is 10.0. The van der Waals surface area contributed by atoms with E-state index in [2.05, 4.69) is 15.6 Å². The monoisotopic (exact) mass is 397 g/mol. The third-order valence-corrected chi connectivity index (χ3v) is 6.39. The van der Waals surface area contributed by atoms with Crippen molar-refractivity contribution in [1.29, 1.82) is 0 Å². The van der Waals surface area contributed by atoms with Gasteiger partial charge in [0.25, 0.3) is 0 Å². The summed E-state index contributed by atoms with van der Waals surface area (Å²) in [5.74, 6) is 0.360. The number of fused-ring (bicyclic) bond motifs is 1. The van der Waals surface area contributed by atoms with Crippen LogP contribution in [0.3, 0.4) is 0 Å². The van der Waals surface area contributed by atoms with Crippen molar-refractivity contribution in [3.8, 4) is 0 Å². The summed E-state index contributed by atoms with van der Waals surface area (Å²) in [6.45, 7) is 1.80. The maximum absolute atomic E-state index is 12.9. The Bertz CT molecular complexity index is 815. The first-order valence-electron chi connectivity index (χ1n) is 8.60. The van der Waals surface area contributed by atoms with Crippen molar-refractivity contribution < 1.29 is 22.7 Å². The van der Waals surface area contributed by atoms with Crippen molar-refractivity contribution >= 4 is 17.4 Å². The van der Waals surface area contributed by atoms with Gasteiger partial charge in [0.1, 0.15) is 11.6 Å². The number of alkyl carbamates (subject to hydrolysis) is 1. The number of ether oxygens (including phenoxy) is 1. The number of thiazole rings is 1. The van der Waals surface area contributed by atoms with E-state index in [1.807, 2.05) is 30.3 Å². The van der Waals surface area contributed by atoms with Gasteiger partial charge in [0.15, 0.2) is 5.69 Å². The molecule has 3 atom stereocenters. The van der Waals surface area contributed by atoms with Gasteiger partial charge in [-0.15, -0.1) is 11.3 Å². The molecule has 0 radical (unpaired) electrons. The maximum Gasteiger partial charge on any atom is 0.434 e. The SMILES string of the molecule is O=C(NCC1(c2nc(C(F)(F)F)cs2)[C@@H]2CNC[C@@H]21)OCc1ccccc1. The van der Waals surface area contributed by atoms with Crippen LogP contribution in [-0.2, 0) is 22.9 Å². The van der Waals surface area contributed by atoms with E-state index < -0.39 is 23.4 Å². The Morgan fingerprint density at radius 3 is 2.63 bits per heavy atom. The number of rotatable bonds is 5. The molecule has 1 aromatic carbocycles. The van der Waals surface area contributed by atoms with Crippen molar-refractivity contribution in [3.05, 3.63) is 52.0 Å². The van der Waals surface area contributed by atoms with Crippen LogP contribution in [-0.4, -0.2) is 30.7 Å². The van der Waals surface area contributed by atoms with Crippen molar-refractivity contribution in [1.82, 2.24) is 15.6 Å². The van der Waals surface area contributed by atoms with Crippen LogP contribution < -0.4 is 10.6 Å². The number of benzene rings is 1. The van der Waals surface area contributed by atoms with Gasteiger partial charge in [0.05, 0.1) is 0 Å². The standard InChI is InChI=1S/C18H18F3N3O2S/c19-18(20,21)14-9-27-15(24-14)17(12-6-22-7-13(12)17)10-23-16(25)26-8-11-4-2-1-3-5-11/h1-5,9,12-13,22H,6-8,10H2,(H,23,25)/t12-,13+,17?. The van der Waals surface area contributed by atoms with E-state index >= 15 is 0 Å². The van der Waals surface area contributed by atoms with Crippen LogP contribution in [0, 0.1) is 11.8 Å². The number of amides is 1.